The summed E-state index contributed by atoms with van der Waals surface area (Å²) in [7, 11) is 3.76. The molecule has 0 spiro atoms. The quantitative estimate of drug-likeness (QED) is 0.449. The number of likely N-dealkylation sites (N-methyl/N-ethyl adjacent to an activating group) is 1. The molecule has 13 heavy (non-hydrogen) atoms. The molecule has 4 nitrogen and oxygen atoms in total. The molecule has 0 aliphatic carbocycles. The SMILES string of the molecule is CCOC(=O)C1CC(=O)C[N+]1(C)C. The number of carbonyl (C=O) groups excluding carboxylic acids is 2. The van der Waals surface area contributed by atoms with Crippen LogP contribution >= 0.6 is 0 Å². The molecule has 0 saturated carbocycles. The molecule has 0 aromatic heterocycles. The predicted molar refractivity (Wildman–Crippen MR) is 47.0 cm³/mol. The number of ketones is 1. The minimum atomic E-state index is -0.299. The Hall–Kier alpha value is -0.900. The molecule has 0 amide bonds. The summed E-state index contributed by atoms with van der Waals surface area (Å²) in [5.74, 6) is -0.110. The molecule has 1 heterocycles. The lowest BCUT2D eigenvalue weighted by atomic mass is 10.2. The van der Waals surface area contributed by atoms with E-state index in [9.17, 15) is 9.59 Å². The fraction of sp³-hybridized carbons (Fsp3) is 0.778. The van der Waals surface area contributed by atoms with Crippen molar-refractivity contribution in [2.45, 2.75) is 19.4 Å². The maximum absolute atomic E-state index is 11.4. The molecule has 1 aliphatic heterocycles. The van der Waals surface area contributed by atoms with E-state index in [1.165, 1.54) is 0 Å². The average Bonchev–Trinajstić information content (AvgIpc) is 2.24. The molecule has 0 aromatic carbocycles. The van der Waals surface area contributed by atoms with Gasteiger partial charge in [-0.15, -0.1) is 0 Å². The molecule has 4 heteroatoms. The minimum absolute atomic E-state index is 0.142. The fourth-order valence-electron chi connectivity index (χ4n) is 1.70. The molecule has 74 valence electrons. The monoisotopic (exact) mass is 186 g/mol. The highest BCUT2D eigenvalue weighted by Gasteiger charge is 2.45. The first-order valence-electron chi connectivity index (χ1n) is 4.48. The van der Waals surface area contributed by atoms with Gasteiger partial charge in [-0.3, -0.25) is 4.79 Å². The van der Waals surface area contributed by atoms with Crippen molar-refractivity contribution in [1.29, 1.82) is 0 Å². The third-order valence-corrected chi connectivity index (χ3v) is 2.41. The Labute approximate surface area is 78.1 Å². The van der Waals surface area contributed by atoms with E-state index in [4.69, 9.17) is 4.74 Å². The van der Waals surface area contributed by atoms with Crippen LogP contribution in [0.15, 0.2) is 0 Å². The lowest BCUT2D eigenvalue weighted by Crippen LogP contribution is -2.49. The van der Waals surface area contributed by atoms with E-state index in [1.807, 2.05) is 14.1 Å². The molecular formula is C9H16NO3+. The summed E-state index contributed by atoms with van der Waals surface area (Å²) >= 11 is 0. The van der Waals surface area contributed by atoms with E-state index < -0.39 is 0 Å². The van der Waals surface area contributed by atoms with Crippen molar-refractivity contribution >= 4 is 11.8 Å². The maximum Gasteiger partial charge on any atom is 0.365 e. The molecule has 1 fully saturated rings. The summed E-state index contributed by atoms with van der Waals surface area (Å²) in [6.45, 7) is 2.58. The summed E-state index contributed by atoms with van der Waals surface area (Å²) < 4.78 is 5.33. The smallest absolute Gasteiger partial charge is 0.365 e. The summed E-state index contributed by atoms with van der Waals surface area (Å²) in [5, 5.41) is 0. The zero-order chi connectivity index (χ0) is 10.1. The standard InChI is InChI=1S/C9H16NO3/c1-4-13-9(12)8-5-7(11)6-10(8,2)3/h8H,4-6H2,1-3H3/q+1. The molecule has 0 bridgehead atoms. The van der Waals surface area contributed by atoms with E-state index in [0.29, 0.717) is 24.1 Å². The summed E-state index contributed by atoms with van der Waals surface area (Å²) in [5.41, 5.74) is 0. The highest BCUT2D eigenvalue weighted by atomic mass is 16.5. The van der Waals surface area contributed by atoms with Gasteiger partial charge < -0.3 is 9.22 Å². The van der Waals surface area contributed by atoms with Crippen LogP contribution in [0.4, 0.5) is 0 Å². The van der Waals surface area contributed by atoms with Crippen LogP contribution in [0.25, 0.3) is 0 Å². The second-order valence-corrected chi connectivity index (χ2v) is 3.95. The van der Waals surface area contributed by atoms with Crippen LogP contribution in [-0.4, -0.2) is 49.5 Å². The number of rotatable bonds is 2. The minimum Gasteiger partial charge on any atom is -0.462 e. The summed E-state index contributed by atoms with van der Waals surface area (Å²) in [6, 6.07) is -0.299. The van der Waals surface area contributed by atoms with Crippen molar-refractivity contribution in [2.24, 2.45) is 0 Å². The molecular weight excluding hydrogens is 170 g/mol. The Morgan fingerprint density at radius 1 is 1.62 bits per heavy atom. The van der Waals surface area contributed by atoms with Crippen LogP contribution in [0.2, 0.25) is 0 Å². The number of Topliss-reactive ketones (excluding diaryl/α,β-unsaturated/α-hetero) is 1. The van der Waals surface area contributed by atoms with Gasteiger partial charge in [-0.2, -0.15) is 0 Å². The zero-order valence-corrected chi connectivity index (χ0v) is 8.37. The van der Waals surface area contributed by atoms with E-state index >= 15 is 0 Å². The van der Waals surface area contributed by atoms with E-state index in [0.717, 1.165) is 0 Å². The van der Waals surface area contributed by atoms with Gasteiger partial charge in [-0.1, -0.05) is 0 Å². The number of hydrogen-bond donors (Lipinski definition) is 0. The van der Waals surface area contributed by atoms with Crippen molar-refractivity contribution in [3.8, 4) is 0 Å². The molecule has 0 aromatic rings. The van der Waals surface area contributed by atoms with Crippen molar-refractivity contribution in [2.75, 3.05) is 27.2 Å². The van der Waals surface area contributed by atoms with Crippen LogP contribution in [0.1, 0.15) is 13.3 Å². The van der Waals surface area contributed by atoms with Crippen LogP contribution in [0, 0.1) is 0 Å². The van der Waals surface area contributed by atoms with Gasteiger partial charge in [-0.05, 0) is 6.92 Å². The van der Waals surface area contributed by atoms with Gasteiger partial charge >= 0.3 is 5.97 Å². The Bertz CT molecular complexity index is 235. The lowest BCUT2D eigenvalue weighted by Gasteiger charge is -2.28. The van der Waals surface area contributed by atoms with Gasteiger partial charge in [0.1, 0.15) is 6.54 Å². The Balaban J connectivity index is 2.69. The lowest BCUT2D eigenvalue weighted by molar-refractivity contribution is -0.890. The second kappa shape index (κ2) is 3.46. The van der Waals surface area contributed by atoms with Gasteiger partial charge in [0.25, 0.3) is 0 Å². The highest BCUT2D eigenvalue weighted by Crippen LogP contribution is 2.20. The third kappa shape index (κ3) is 2.06. The topological polar surface area (TPSA) is 43.4 Å². The first-order valence-corrected chi connectivity index (χ1v) is 4.48. The van der Waals surface area contributed by atoms with Crippen LogP contribution in [0.3, 0.4) is 0 Å². The van der Waals surface area contributed by atoms with Gasteiger partial charge in [-0.25, -0.2) is 4.79 Å². The largest absolute Gasteiger partial charge is 0.462 e. The van der Waals surface area contributed by atoms with E-state index in [2.05, 4.69) is 0 Å². The number of carbonyl (C=O) groups is 2. The van der Waals surface area contributed by atoms with Crippen LogP contribution in [-0.2, 0) is 14.3 Å². The first-order chi connectivity index (χ1) is 5.97. The van der Waals surface area contributed by atoms with Gasteiger partial charge in [0, 0.05) is 0 Å². The molecule has 1 saturated heterocycles. The zero-order valence-electron chi connectivity index (χ0n) is 8.37. The average molecular weight is 186 g/mol. The van der Waals surface area contributed by atoms with Crippen LogP contribution < -0.4 is 0 Å². The number of esters is 1. The molecule has 0 N–H and O–H groups in total. The van der Waals surface area contributed by atoms with Crippen molar-refractivity contribution in [3.05, 3.63) is 0 Å². The van der Waals surface area contributed by atoms with Crippen LogP contribution in [0.5, 0.6) is 0 Å². The first kappa shape index (κ1) is 10.2. The number of nitrogens with zero attached hydrogens (tertiary/aromatic N) is 1. The molecule has 0 radical (unpaired) electrons. The van der Waals surface area contributed by atoms with Crippen molar-refractivity contribution in [1.82, 2.24) is 0 Å². The normalized spacial score (nSPS) is 26.1. The van der Waals surface area contributed by atoms with E-state index in [1.54, 1.807) is 6.92 Å². The number of hydrogen-bond acceptors (Lipinski definition) is 3. The highest BCUT2D eigenvalue weighted by molar-refractivity contribution is 5.89. The molecule has 1 unspecified atom stereocenters. The fourth-order valence-corrected chi connectivity index (χ4v) is 1.70. The van der Waals surface area contributed by atoms with E-state index in [-0.39, 0.29) is 17.8 Å². The van der Waals surface area contributed by atoms with Crippen molar-refractivity contribution in [3.63, 3.8) is 0 Å². The number of quaternary nitrogens is 1. The third-order valence-electron chi connectivity index (χ3n) is 2.41. The Morgan fingerprint density at radius 3 is 2.62 bits per heavy atom. The maximum atomic E-state index is 11.4. The van der Waals surface area contributed by atoms with Crippen molar-refractivity contribution < 1.29 is 18.8 Å². The molecule has 1 aliphatic rings. The van der Waals surface area contributed by atoms with Gasteiger partial charge in [0.15, 0.2) is 11.8 Å². The predicted octanol–water partition coefficient (Wildman–Crippen LogP) is -0.0327. The van der Waals surface area contributed by atoms with Gasteiger partial charge in [0.2, 0.25) is 0 Å². The molecule has 1 atom stereocenters. The number of ether oxygens (including phenoxy) is 1. The van der Waals surface area contributed by atoms with Gasteiger partial charge in [0.05, 0.1) is 27.1 Å². The Kier molecular flexibility index (Phi) is 2.71. The molecule has 1 rings (SSSR count). The second-order valence-electron chi connectivity index (χ2n) is 3.95. The Morgan fingerprint density at radius 2 is 2.23 bits per heavy atom. The number of likely N-dealkylation sites (tertiary alicyclic amines) is 1. The summed E-state index contributed by atoms with van der Waals surface area (Å²) in [4.78, 5) is 22.6. The summed E-state index contributed by atoms with van der Waals surface area (Å²) in [6.07, 6.45) is 0.325.